The first-order chi connectivity index (χ1) is 7.70. The predicted octanol–water partition coefficient (Wildman–Crippen LogP) is 2.26. The topological polar surface area (TPSA) is 15.3 Å². The molecule has 0 unspecified atom stereocenters. The van der Waals surface area contributed by atoms with E-state index < -0.39 is 0 Å². The lowest BCUT2D eigenvalue weighted by Crippen LogP contribution is -2.18. The first-order valence-corrected chi connectivity index (χ1v) is 5.79. The summed E-state index contributed by atoms with van der Waals surface area (Å²) in [6.07, 6.45) is 2.31. The standard InChI is InChI=1S/C13H21FN2/c1-16(2)10-6-5-9-15-11-12-7-3-4-8-13(12)14/h3-4,7-8,15H,5-6,9-11H2,1-2H3. The number of hydrogen-bond donors (Lipinski definition) is 1. The van der Waals surface area contributed by atoms with Gasteiger partial charge in [0.2, 0.25) is 0 Å². The van der Waals surface area contributed by atoms with Gasteiger partial charge in [-0.05, 0) is 46.1 Å². The van der Waals surface area contributed by atoms with Crippen LogP contribution in [0.4, 0.5) is 4.39 Å². The van der Waals surface area contributed by atoms with Crippen molar-refractivity contribution >= 4 is 0 Å². The number of benzene rings is 1. The van der Waals surface area contributed by atoms with E-state index in [1.807, 2.05) is 12.1 Å². The number of hydrogen-bond acceptors (Lipinski definition) is 2. The third-order valence-electron chi connectivity index (χ3n) is 2.48. The van der Waals surface area contributed by atoms with Gasteiger partial charge in [0.25, 0.3) is 0 Å². The average molecular weight is 224 g/mol. The lowest BCUT2D eigenvalue weighted by atomic mass is 10.2. The fourth-order valence-corrected chi connectivity index (χ4v) is 1.54. The first kappa shape index (κ1) is 13.1. The maximum absolute atomic E-state index is 13.2. The van der Waals surface area contributed by atoms with Crippen LogP contribution in [0.5, 0.6) is 0 Å². The summed E-state index contributed by atoms with van der Waals surface area (Å²) < 4.78 is 13.2. The van der Waals surface area contributed by atoms with Gasteiger partial charge < -0.3 is 10.2 Å². The molecule has 0 fully saturated rings. The molecule has 1 aromatic rings. The summed E-state index contributed by atoms with van der Waals surface area (Å²) in [5, 5.41) is 3.26. The van der Waals surface area contributed by atoms with Crippen LogP contribution in [0.25, 0.3) is 0 Å². The third-order valence-corrected chi connectivity index (χ3v) is 2.48. The van der Waals surface area contributed by atoms with Gasteiger partial charge in [-0.15, -0.1) is 0 Å². The zero-order chi connectivity index (χ0) is 11.8. The van der Waals surface area contributed by atoms with E-state index in [0.29, 0.717) is 6.54 Å². The number of nitrogens with one attached hydrogen (secondary N) is 1. The predicted molar refractivity (Wildman–Crippen MR) is 65.9 cm³/mol. The highest BCUT2D eigenvalue weighted by molar-refractivity contribution is 5.16. The van der Waals surface area contributed by atoms with Crippen LogP contribution in [-0.4, -0.2) is 32.1 Å². The summed E-state index contributed by atoms with van der Waals surface area (Å²) in [6, 6.07) is 6.91. The Morgan fingerprint density at radius 2 is 1.94 bits per heavy atom. The Bertz CT molecular complexity index is 300. The maximum atomic E-state index is 13.2. The smallest absolute Gasteiger partial charge is 0.127 e. The zero-order valence-electron chi connectivity index (χ0n) is 10.2. The van der Waals surface area contributed by atoms with Gasteiger partial charge in [-0.1, -0.05) is 18.2 Å². The summed E-state index contributed by atoms with van der Waals surface area (Å²) in [6.45, 7) is 2.68. The highest BCUT2D eigenvalue weighted by Gasteiger charge is 1.98. The molecule has 0 saturated heterocycles. The molecule has 0 aromatic heterocycles. The van der Waals surface area contributed by atoms with Gasteiger partial charge >= 0.3 is 0 Å². The van der Waals surface area contributed by atoms with Crippen molar-refractivity contribution < 1.29 is 4.39 Å². The Morgan fingerprint density at radius 3 is 2.62 bits per heavy atom. The summed E-state index contributed by atoms with van der Waals surface area (Å²) in [7, 11) is 4.15. The molecule has 3 heteroatoms. The van der Waals surface area contributed by atoms with Gasteiger partial charge in [-0.25, -0.2) is 4.39 Å². The SMILES string of the molecule is CN(C)CCCCNCc1ccccc1F. The molecule has 0 radical (unpaired) electrons. The van der Waals surface area contributed by atoms with E-state index >= 15 is 0 Å². The molecule has 0 heterocycles. The van der Waals surface area contributed by atoms with Gasteiger partial charge in [0, 0.05) is 12.1 Å². The van der Waals surface area contributed by atoms with Crippen molar-refractivity contribution in [3.05, 3.63) is 35.6 Å². The highest BCUT2D eigenvalue weighted by Crippen LogP contribution is 2.05. The second-order valence-electron chi connectivity index (χ2n) is 4.28. The van der Waals surface area contributed by atoms with Gasteiger partial charge in [0.1, 0.15) is 5.82 Å². The molecule has 0 aliphatic rings. The van der Waals surface area contributed by atoms with E-state index in [0.717, 1.165) is 25.1 Å². The number of unbranched alkanes of at least 4 members (excludes halogenated alkanes) is 1. The summed E-state index contributed by atoms with van der Waals surface area (Å²) in [4.78, 5) is 2.18. The molecule has 0 atom stereocenters. The molecule has 1 rings (SSSR count). The molecule has 1 aromatic carbocycles. The molecule has 16 heavy (non-hydrogen) atoms. The van der Waals surface area contributed by atoms with E-state index in [2.05, 4.69) is 24.3 Å². The van der Waals surface area contributed by atoms with Gasteiger partial charge in [0.05, 0.1) is 0 Å². The first-order valence-electron chi connectivity index (χ1n) is 5.79. The van der Waals surface area contributed by atoms with Gasteiger partial charge in [-0.2, -0.15) is 0 Å². The minimum Gasteiger partial charge on any atom is -0.313 e. The fourth-order valence-electron chi connectivity index (χ4n) is 1.54. The average Bonchev–Trinajstić information content (AvgIpc) is 2.25. The van der Waals surface area contributed by atoms with Crippen molar-refractivity contribution in [2.75, 3.05) is 27.2 Å². The van der Waals surface area contributed by atoms with Crippen LogP contribution in [-0.2, 0) is 6.54 Å². The summed E-state index contributed by atoms with van der Waals surface area (Å²) >= 11 is 0. The Morgan fingerprint density at radius 1 is 1.19 bits per heavy atom. The van der Waals surface area contributed by atoms with Gasteiger partial charge in [0.15, 0.2) is 0 Å². The van der Waals surface area contributed by atoms with Crippen LogP contribution < -0.4 is 5.32 Å². The molecular formula is C13H21FN2. The van der Waals surface area contributed by atoms with Gasteiger partial charge in [-0.3, -0.25) is 0 Å². The molecule has 90 valence electrons. The molecular weight excluding hydrogens is 203 g/mol. The molecule has 0 aliphatic carbocycles. The zero-order valence-corrected chi connectivity index (χ0v) is 10.2. The van der Waals surface area contributed by atoms with Crippen molar-refractivity contribution in [2.24, 2.45) is 0 Å². The lowest BCUT2D eigenvalue weighted by molar-refractivity contribution is 0.391. The number of rotatable bonds is 7. The Kier molecular flexibility index (Phi) is 6.04. The fraction of sp³-hybridized carbons (Fsp3) is 0.538. The van der Waals surface area contributed by atoms with E-state index in [1.165, 1.54) is 12.5 Å². The number of halogens is 1. The molecule has 0 amide bonds. The highest BCUT2D eigenvalue weighted by atomic mass is 19.1. The quantitative estimate of drug-likeness (QED) is 0.715. The summed E-state index contributed by atoms with van der Waals surface area (Å²) in [5.41, 5.74) is 0.745. The second-order valence-corrected chi connectivity index (χ2v) is 4.28. The Balaban J connectivity index is 2.10. The minimum absolute atomic E-state index is 0.122. The molecule has 2 nitrogen and oxygen atoms in total. The van der Waals surface area contributed by atoms with Crippen LogP contribution in [0.1, 0.15) is 18.4 Å². The monoisotopic (exact) mass is 224 g/mol. The van der Waals surface area contributed by atoms with Crippen LogP contribution in [0.3, 0.4) is 0 Å². The van der Waals surface area contributed by atoms with Crippen LogP contribution in [0.2, 0.25) is 0 Å². The van der Waals surface area contributed by atoms with E-state index in [9.17, 15) is 4.39 Å². The normalized spacial score (nSPS) is 11.0. The van der Waals surface area contributed by atoms with E-state index in [-0.39, 0.29) is 5.82 Å². The van der Waals surface area contributed by atoms with Crippen molar-refractivity contribution in [1.82, 2.24) is 10.2 Å². The van der Waals surface area contributed by atoms with Crippen LogP contribution in [0.15, 0.2) is 24.3 Å². The Hall–Kier alpha value is -0.930. The molecule has 0 spiro atoms. The van der Waals surface area contributed by atoms with Crippen molar-refractivity contribution in [1.29, 1.82) is 0 Å². The van der Waals surface area contributed by atoms with Crippen molar-refractivity contribution in [3.8, 4) is 0 Å². The van der Waals surface area contributed by atoms with Crippen LogP contribution >= 0.6 is 0 Å². The third kappa shape index (κ3) is 5.24. The molecule has 0 saturated carbocycles. The number of nitrogens with zero attached hydrogens (tertiary/aromatic N) is 1. The van der Waals surface area contributed by atoms with E-state index in [4.69, 9.17) is 0 Å². The lowest BCUT2D eigenvalue weighted by Gasteiger charge is -2.09. The Labute approximate surface area is 97.5 Å². The van der Waals surface area contributed by atoms with Crippen LogP contribution in [0, 0.1) is 5.82 Å². The molecule has 1 N–H and O–H groups in total. The maximum Gasteiger partial charge on any atom is 0.127 e. The minimum atomic E-state index is -0.122. The largest absolute Gasteiger partial charge is 0.313 e. The van der Waals surface area contributed by atoms with E-state index in [1.54, 1.807) is 6.07 Å². The second kappa shape index (κ2) is 7.36. The van der Waals surface area contributed by atoms with Crippen molar-refractivity contribution in [2.45, 2.75) is 19.4 Å². The molecule has 0 aliphatic heterocycles. The molecule has 0 bridgehead atoms. The summed E-state index contributed by atoms with van der Waals surface area (Å²) in [5.74, 6) is -0.122. The van der Waals surface area contributed by atoms with Crippen molar-refractivity contribution in [3.63, 3.8) is 0 Å².